The van der Waals surface area contributed by atoms with Crippen LogP contribution in [0.15, 0.2) is 76.7 Å². The molecule has 8 heteroatoms. The molecule has 0 radical (unpaired) electrons. The number of carbonyl (C=O) groups is 1. The van der Waals surface area contributed by atoms with Crippen LogP contribution in [0.2, 0.25) is 10.0 Å². The molecular formula is C23H20Cl2N2O3S. The highest BCUT2D eigenvalue weighted by atomic mass is 35.5. The Morgan fingerprint density at radius 3 is 2.55 bits per heavy atom. The Bertz CT molecular complexity index is 1040. The molecule has 0 aliphatic heterocycles. The average molecular weight is 475 g/mol. The van der Waals surface area contributed by atoms with Crippen molar-refractivity contribution in [2.24, 2.45) is 5.10 Å². The minimum atomic E-state index is -0.225. The lowest BCUT2D eigenvalue weighted by Crippen LogP contribution is -2.19. The predicted octanol–water partition coefficient (Wildman–Crippen LogP) is 5.82. The molecule has 3 rings (SSSR count). The van der Waals surface area contributed by atoms with Gasteiger partial charge in [-0.3, -0.25) is 4.79 Å². The second kappa shape index (κ2) is 11.6. The SMILES string of the molecule is COc1cc(/C=N\NC(=O)CSc2ccc(Cl)cc2)cc(Cl)c1OCc1ccccc1. The Morgan fingerprint density at radius 1 is 1.10 bits per heavy atom. The molecule has 5 nitrogen and oxygen atoms in total. The van der Waals surface area contributed by atoms with Crippen LogP contribution in [0.5, 0.6) is 11.5 Å². The number of hydrazone groups is 1. The zero-order valence-corrected chi connectivity index (χ0v) is 19.0. The number of methoxy groups -OCH3 is 1. The standard InChI is InChI=1S/C23H20Cl2N2O3S/c1-29-21-12-17(11-20(25)23(21)30-14-16-5-3-2-4-6-16)13-26-27-22(28)15-31-19-9-7-18(24)8-10-19/h2-13H,14-15H2,1H3,(H,27,28)/b26-13-. The summed E-state index contributed by atoms with van der Waals surface area (Å²) in [6, 6.07) is 20.5. The number of halogens is 2. The van der Waals surface area contributed by atoms with Crippen molar-refractivity contribution in [1.29, 1.82) is 0 Å². The molecule has 0 aromatic heterocycles. The van der Waals surface area contributed by atoms with Gasteiger partial charge in [0.25, 0.3) is 0 Å². The van der Waals surface area contributed by atoms with Crippen LogP contribution in [-0.2, 0) is 11.4 Å². The number of hydrogen-bond acceptors (Lipinski definition) is 5. The quantitative estimate of drug-likeness (QED) is 0.241. The van der Waals surface area contributed by atoms with Gasteiger partial charge in [0.05, 0.1) is 24.1 Å². The summed E-state index contributed by atoms with van der Waals surface area (Å²) < 4.78 is 11.2. The molecule has 1 amide bonds. The number of rotatable bonds is 9. The predicted molar refractivity (Wildman–Crippen MR) is 127 cm³/mol. The molecule has 0 aliphatic carbocycles. The van der Waals surface area contributed by atoms with Crippen LogP contribution in [0.1, 0.15) is 11.1 Å². The van der Waals surface area contributed by atoms with Crippen molar-refractivity contribution < 1.29 is 14.3 Å². The fourth-order valence-corrected chi connectivity index (χ4v) is 3.67. The summed E-state index contributed by atoms with van der Waals surface area (Å²) in [7, 11) is 1.54. The van der Waals surface area contributed by atoms with Crippen LogP contribution in [0.25, 0.3) is 0 Å². The van der Waals surface area contributed by atoms with Crippen molar-refractivity contribution in [2.45, 2.75) is 11.5 Å². The minimum absolute atomic E-state index is 0.225. The van der Waals surface area contributed by atoms with Crippen molar-refractivity contribution in [3.05, 3.63) is 87.9 Å². The highest BCUT2D eigenvalue weighted by Crippen LogP contribution is 2.36. The molecule has 3 aromatic carbocycles. The number of carbonyl (C=O) groups excluding carboxylic acids is 1. The summed E-state index contributed by atoms with van der Waals surface area (Å²) in [4.78, 5) is 12.9. The third-order valence-corrected chi connectivity index (χ3v) is 5.61. The molecule has 0 unspecified atom stereocenters. The molecular weight excluding hydrogens is 455 g/mol. The first-order chi connectivity index (χ1) is 15.0. The van der Waals surface area contributed by atoms with E-state index in [1.54, 1.807) is 24.3 Å². The summed E-state index contributed by atoms with van der Waals surface area (Å²) in [5.41, 5.74) is 4.18. The van der Waals surface area contributed by atoms with Gasteiger partial charge in [-0.05, 0) is 47.5 Å². The summed E-state index contributed by atoms with van der Waals surface area (Å²) >= 11 is 13.6. The first-order valence-electron chi connectivity index (χ1n) is 9.29. The van der Waals surface area contributed by atoms with E-state index in [1.165, 1.54) is 25.1 Å². The minimum Gasteiger partial charge on any atom is -0.493 e. The van der Waals surface area contributed by atoms with Crippen LogP contribution >= 0.6 is 35.0 Å². The van der Waals surface area contributed by atoms with Crippen molar-refractivity contribution in [1.82, 2.24) is 5.43 Å². The first-order valence-corrected chi connectivity index (χ1v) is 11.0. The second-order valence-electron chi connectivity index (χ2n) is 6.34. The average Bonchev–Trinajstić information content (AvgIpc) is 2.78. The van der Waals surface area contributed by atoms with Gasteiger partial charge in [-0.15, -0.1) is 11.8 Å². The lowest BCUT2D eigenvalue weighted by atomic mass is 10.2. The number of amides is 1. The van der Waals surface area contributed by atoms with Crippen LogP contribution in [0.3, 0.4) is 0 Å². The van der Waals surface area contributed by atoms with Gasteiger partial charge < -0.3 is 9.47 Å². The van der Waals surface area contributed by atoms with Crippen LogP contribution < -0.4 is 14.9 Å². The lowest BCUT2D eigenvalue weighted by molar-refractivity contribution is -0.118. The second-order valence-corrected chi connectivity index (χ2v) is 8.24. The van der Waals surface area contributed by atoms with Crippen molar-refractivity contribution in [3.8, 4) is 11.5 Å². The Kier molecular flexibility index (Phi) is 8.64. The zero-order chi connectivity index (χ0) is 22.1. The zero-order valence-electron chi connectivity index (χ0n) is 16.7. The molecule has 160 valence electrons. The fourth-order valence-electron chi connectivity index (χ4n) is 2.57. The molecule has 1 N–H and O–H groups in total. The molecule has 0 saturated carbocycles. The summed E-state index contributed by atoms with van der Waals surface area (Å²) in [6.07, 6.45) is 1.50. The third kappa shape index (κ3) is 7.21. The van der Waals surface area contributed by atoms with Crippen molar-refractivity contribution in [2.75, 3.05) is 12.9 Å². The van der Waals surface area contributed by atoms with E-state index in [9.17, 15) is 4.79 Å². The van der Waals surface area contributed by atoms with E-state index in [2.05, 4.69) is 10.5 Å². The van der Waals surface area contributed by atoms with Gasteiger partial charge in [0.1, 0.15) is 6.61 Å². The van der Waals surface area contributed by atoms with Gasteiger partial charge >= 0.3 is 0 Å². The van der Waals surface area contributed by atoms with E-state index in [1.807, 2.05) is 42.5 Å². The number of hydrogen-bond donors (Lipinski definition) is 1. The monoisotopic (exact) mass is 474 g/mol. The van der Waals surface area contributed by atoms with Gasteiger partial charge in [-0.1, -0.05) is 53.5 Å². The topological polar surface area (TPSA) is 59.9 Å². The van der Waals surface area contributed by atoms with Gasteiger partial charge in [0.2, 0.25) is 5.91 Å². The number of benzene rings is 3. The maximum absolute atomic E-state index is 12.0. The van der Waals surface area contributed by atoms with E-state index in [4.69, 9.17) is 32.7 Å². The molecule has 0 bridgehead atoms. The molecule has 31 heavy (non-hydrogen) atoms. The van der Waals surface area contributed by atoms with E-state index in [0.717, 1.165) is 10.5 Å². The van der Waals surface area contributed by atoms with Gasteiger partial charge in [0.15, 0.2) is 11.5 Å². The maximum Gasteiger partial charge on any atom is 0.250 e. The summed E-state index contributed by atoms with van der Waals surface area (Å²) in [6.45, 7) is 0.367. The molecule has 0 fully saturated rings. The molecule has 0 aliphatic rings. The Labute approximate surface area is 195 Å². The highest BCUT2D eigenvalue weighted by Gasteiger charge is 2.12. The number of thioether (sulfide) groups is 1. The Balaban J connectivity index is 1.56. The highest BCUT2D eigenvalue weighted by molar-refractivity contribution is 8.00. The molecule has 0 atom stereocenters. The molecule has 0 heterocycles. The van der Waals surface area contributed by atoms with E-state index >= 15 is 0 Å². The Morgan fingerprint density at radius 2 is 1.84 bits per heavy atom. The van der Waals surface area contributed by atoms with Crippen LogP contribution in [0, 0.1) is 0 Å². The first kappa shape index (κ1) is 23.0. The van der Waals surface area contributed by atoms with Gasteiger partial charge in [0, 0.05) is 9.92 Å². The number of ether oxygens (including phenoxy) is 2. The van der Waals surface area contributed by atoms with Crippen molar-refractivity contribution in [3.63, 3.8) is 0 Å². The van der Waals surface area contributed by atoms with E-state index < -0.39 is 0 Å². The van der Waals surface area contributed by atoms with Gasteiger partial charge in [-0.2, -0.15) is 5.10 Å². The van der Waals surface area contributed by atoms with Crippen molar-refractivity contribution >= 4 is 47.1 Å². The maximum atomic E-state index is 12.0. The van der Waals surface area contributed by atoms with E-state index in [0.29, 0.717) is 33.7 Å². The fraction of sp³-hybridized carbons (Fsp3) is 0.130. The lowest BCUT2D eigenvalue weighted by Gasteiger charge is -2.13. The Hall–Kier alpha value is -2.67. The molecule has 0 saturated heterocycles. The smallest absolute Gasteiger partial charge is 0.250 e. The normalized spacial score (nSPS) is 10.8. The number of nitrogens with zero attached hydrogens (tertiary/aromatic N) is 1. The van der Waals surface area contributed by atoms with Gasteiger partial charge in [-0.25, -0.2) is 5.43 Å². The number of nitrogens with one attached hydrogen (secondary N) is 1. The largest absolute Gasteiger partial charge is 0.493 e. The van der Waals surface area contributed by atoms with Crippen LogP contribution in [0.4, 0.5) is 0 Å². The summed E-state index contributed by atoms with van der Waals surface area (Å²) in [5, 5.41) is 5.04. The van der Waals surface area contributed by atoms with E-state index in [-0.39, 0.29) is 11.7 Å². The molecule has 0 spiro atoms. The van der Waals surface area contributed by atoms with Crippen LogP contribution in [-0.4, -0.2) is 25.0 Å². The third-order valence-electron chi connectivity index (χ3n) is 4.06. The molecule has 3 aromatic rings. The summed E-state index contributed by atoms with van der Waals surface area (Å²) in [5.74, 6) is 0.940.